The smallest absolute Gasteiger partial charge is 0.303 e. The molecule has 0 aliphatic carbocycles. The first-order valence-electron chi connectivity index (χ1n) is 6.36. The number of carbonyl (C=O) groups is 2. The van der Waals surface area contributed by atoms with E-state index in [-0.39, 0.29) is 18.2 Å². The molecule has 6 nitrogen and oxygen atoms in total. The lowest BCUT2D eigenvalue weighted by Crippen LogP contribution is -2.49. The van der Waals surface area contributed by atoms with Crippen molar-refractivity contribution in [3.8, 4) is 0 Å². The summed E-state index contributed by atoms with van der Waals surface area (Å²) in [6.45, 7) is 2.49. The lowest BCUT2D eigenvalue weighted by atomic mass is 9.94. The molecule has 2 aliphatic rings. The summed E-state index contributed by atoms with van der Waals surface area (Å²) >= 11 is 0. The van der Waals surface area contributed by atoms with E-state index in [1.807, 2.05) is 0 Å². The fourth-order valence-electron chi connectivity index (χ4n) is 2.51. The van der Waals surface area contributed by atoms with Crippen molar-refractivity contribution in [3.63, 3.8) is 0 Å². The molecule has 18 heavy (non-hydrogen) atoms. The summed E-state index contributed by atoms with van der Waals surface area (Å²) in [6.07, 6.45) is 1.35. The van der Waals surface area contributed by atoms with Gasteiger partial charge in [0.15, 0.2) is 6.10 Å². The highest BCUT2D eigenvalue weighted by Crippen LogP contribution is 2.21. The van der Waals surface area contributed by atoms with Crippen LogP contribution in [0.5, 0.6) is 0 Å². The first-order chi connectivity index (χ1) is 8.66. The lowest BCUT2D eigenvalue weighted by molar-refractivity contribution is -0.160. The summed E-state index contributed by atoms with van der Waals surface area (Å²) in [4.78, 5) is 24.6. The zero-order valence-corrected chi connectivity index (χ0v) is 10.3. The molecule has 0 bridgehead atoms. The van der Waals surface area contributed by atoms with Gasteiger partial charge in [0.1, 0.15) is 0 Å². The molecule has 0 spiro atoms. The second-order valence-corrected chi connectivity index (χ2v) is 4.82. The maximum Gasteiger partial charge on any atom is 0.303 e. The van der Waals surface area contributed by atoms with Gasteiger partial charge in [0.2, 0.25) is 0 Å². The van der Waals surface area contributed by atoms with Crippen LogP contribution in [0.25, 0.3) is 0 Å². The number of carbonyl (C=O) groups excluding carboxylic acids is 1. The van der Waals surface area contributed by atoms with Crippen LogP contribution < -0.4 is 0 Å². The lowest BCUT2D eigenvalue weighted by Gasteiger charge is -2.35. The van der Waals surface area contributed by atoms with E-state index in [1.54, 1.807) is 4.90 Å². The van der Waals surface area contributed by atoms with Gasteiger partial charge in [0.25, 0.3) is 5.91 Å². The van der Waals surface area contributed by atoms with Crippen LogP contribution in [0, 0.1) is 5.92 Å². The molecule has 6 heteroatoms. The molecule has 1 N–H and O–H groups in total. The monoisotopic (exact) mass is 257 g/mol. The van der Waals surface area contributed by atoms with Crippen molar-refractivity contribution in [1.82, 2.24) is 4.90 Å². The number of hydrogen-bond donors (Lipinski definition) is 1. The molecule has 2 rings (SSSR count). The molecule has 0 saturated carbocycles. The molecule has 1 amide bonds. The summed E-state index contributed by atoms with van der Waals surface area (Å²) in [6, 6.07) is 0. The molecular formula is C12H19NO5. The van der Waals surface area contributed by atoms with Crippen LogP contribution in [0.4, 0.5) is 0 Å². The standard InChI is InChI=1S/C12H19NO5/c14-11(15)6-9-2-1-3-13(7-9)12(16)10-8-17-4-5-18-10/h9-10H,1-8H2,(H,14,15). The van der Waals surface area contributed by atoms with Crippen LogP contribution in [0.3, 0.4) is 0 Å². The Morgan fingerprint density at radius 3 is 2.83 bits per heavy atom. The number of piperidine rings is 1. The maximum absolute atomic E-state index is 12.2. The van der Waals surface area contributed by atoms with E-state index in [9.17, 15) is 9.59 Å². The number of rotatable bonds is 3. The molecule has 2 aliphatic heterocycles. The Morgan fingerprint density at radius 1 is 1.33 bits per heavy atom. The van der Waals surface area contributed by atoms with Gasteiger partial charge in [-0.05, 0) is 18.8 Å². The van der Waals surface area contributed by atoms with Gasteiger partial charge < -0.3 is 19.5 Å². The Labute approximate surface area is 106 Å². The maximum atomic E-state index is 12.2. The first kappa shape index (κ1) is 13.3. The quantitative estimate of drug-likeness (QED) is 0.777. The van der Waals surface area contributed by atoms with Crippen molar-refractivity contribution in [2.75, 3.05) is 32.9 Å². The molecule has 2 fully saturated rings. The van der Waals surface area contributed by atoms with E-state index in [0.29, 0.717) is 32.9 Å². The van der Waals surface area contributed by atoms with Crippen molar-refractivity contribution in [2.45, 2.75) is 25.4 Å². The second-order valence-electron chi connectivity index (χ2n) is 4.82. The van der Waals surface area contributed by atoms with Gasteiger partial charge in [-0.15, -0.1) is 0 Å². The van der Waals surface area contributed by atoms with Crippen LogP contribution in [-0.4, -0.2) is 60.9 Å². The molecule has 102 valence electrons. The molecule has 2 heterocycles. The molecule has 0 aromatic carbocycles. The molecule has 0 aromatic heterocycles. The Hall–Kier alpha value is -1.14. The number of likely N-dealkylation sites (tertiary alicyclic amines) is 1. The number of nitrogens with zero attached hydrogens (tertiary/aromatic N) is 1. The van der Waals surface area contributed by atoms with Crippen LogP contribution >= 0.6 is 0 Å². The summed E-state index contributed by atoms with van der Waals surface area (Å²) < 4.78 is 10.6. The SMILES string of the molecule is O=C(O)CC1CCCN(C(=O)C2COCCO2)C1. The van der Waals surface area contributed by atoms with Crippen LogP contribution in [0.1, 0.15) is 19.3 Å². The van der Waals surface area contributed by atoms with E-state index in [1.165, 1.54) is 0 Å². The molecule has 0 radical (unpaired) electrons. The van der Waals surface area contributed by atoms with Gasteiger partial charge in [-0.3, -0.25) is 9.59 Å². The minimum atomic E-state index is -0.799. The fourth-order valence-corrected chi connectivity index (χ4v) is 2.51. The summed E-state index contributed by atoms with van der Waals surface area (Å²) in [5.41, 5.74) is 0. The first-order valence-corrected chi connectivity index (χ1v) is 6.36. The Balaban J connectivity index is 1.87. The average molecular weight is 257 g/mol. The van der Waals surface area contributed by atoms with Crippen LogP contribution in [-0.2, 0) is 19.1 Å². The number of ether oxygens (including phenoxy) is 2. The summed E-state index contributed by atoms with van der Waals surface area (Å²) in [7, 11) is 0. The van der Waals surface area contributed by atoms with Crippen LogP contribution in [0.2, 0.25) is 0 Å². The fraction of sp³-hybridized carbons (Fsp3) is 0.833. The van der Waals surface area contributed by atoms with Gasteiger partial charge in [0, 0.05) is 19.5 Å². The van der Waals surface area contributed by atoms with Crippen molar-refractivity contribution >= 4 is 11.9 Å². The normalized spacial score (nSPS) is 29.0. The predicted octanol–water partition coefficient (Wildman–Crippen LogP) is 0.115. The van der Waals surface area contributed by atoms with E-state index >= 15 is 0 Å². The highest BCUT2D eigenvalue weighted by atomic mass is 16.6. The van der Waals surface area contributed by atoms with E-state index in [0.717, 1.165) is 12.8 Å². The molecule has 2 unspecified atom stereocenters. The summed E-state index contributed by atoms with van der Waals surface area (Å²) in [5.74, 6) is -0.805. The topological polar surface area (TPSA) is 76.1 Å². The minimum absolute atomic E-state index is 0.0599. The van der Waals surface area contributed by atoms with Crippen molar-refractivity contribution in [2.24, 2.45) is 5.92 Å². The third kappa shape index (κ3) is 3.43. The van der Waals surface area contributed by atoms with Gasteiger partial charge >= 0.3 is 5.97 Å². The van der Waals surface area contributed by atoms with Crippen molar-refractivity contribution in [3.05, 3.63) is 0 Å². The zero-order valence-electron chi connectivity index (χ0n) is 10.3. The van der Waals surface area contributed by atoms with E-state index in [4.69, 9.17) is 14.6 Å². The van der Waals surface area contributed by atoms with Gasteiger partial charge in [-0.1, -0.05) is 0 Å². The Bertz CT molecular complexity index is 314. The summed E-state index contributed by atoms with van der Waals surface area (Å²) in [5, 5.41) is 8.79. The molecule has 2 saturated heterocycles. The Kier molecular flexibility index (Phi) is 4.54. The minimum Gasteiger partial charge on any atom is -0.481 e. The highest BCUT2D eigenvalue weighted by Gasteiger charge is 2.31. The third-order valence-corrected chi connectivity index (χ3v) is 3.39. The average Bonchev–Trinajstić information content (AvgIpc) is 2.38. The van der Waals surface area contributed by atoms with E-state index < -0.39 is 12.1 Å². The third-order valence-electron chi connectivity index (χ3n) is 3.39. The second kappa shape index (κ2) is 6.15. The molecular weight excluding hydrogens is 238 g/mol. The highest BCUT2D eigenvalue weighted by molar-refractivity contribution is 5.81. The Morgan fingerprint density at radius 2 is 2.17 bits per heavy atom. The molecule has 0 aromatic rings. The zero-order chi connectivity index (χ0) is 13.0. The van der Waals surface area contributed by atoms with Gasteiger partial charge in [-0.2, -0.15) is 0 Å². The predicted molar refractivity (Wildman–Crippen MR) is 62.1 cm³/mol. The van der Waals surface area contributed by atoms with Gasteiger partial charge in [0.05, 0.1) is 19.8 Å². The number of carboxylic acids is 1. The van der Waals surface area contributed by atoms with Gasteiger partial charge in [-0.25, -0.2) is 0 Å². The molecule has 2 atom stereocenters. The van der Waals surface area contributed by atoms with Crippen LogP contribution in [0.15, 0.2) is 0 Å². The number of hydrogen-bond acceptors (Lipinski definition) is 4. The van der Waals surface area contributed by atoms with Crippen molar-refractivity contribution in [1.29, 1.82) is 0 Å². The van der Waals surface area contributed by atoms with E-state index in [2.05, 4.69) is 0 Å². The number of amides is 1. The van der Waals surface area contributed by atoms with Crippen molar-refractivity contribution < 1.29 is 24.2 Å². The number of aliphatic carboxylic acids is 1. The largest absolute Gasteiger partial charge is 0.481 e. The number of carboxylic acid groups (broad SMARTS) is 1.